The fourth-order valence-corrected chi connectivity index (χ4v) is 4.80. The molecule has 0 bridgehead atoms. The molecule has 32 heavy (non-hydrogen) atoms. The van der Waals surface area contributed by atoms with Crippen LogP contribution in [0.2, 0.25) is 0 Å². The van der Waals surface area contributed by atoms with Crippen molar-refractivity contribution in [2.75, 3.05) is 11.8 Å². The molecule has 1 atom stereocenters. The lowest BCUT2D eigenvalue weighted by atomic mass is 9.93. The Kier molecular flexibility index (Phi) is 5.01. The number of benzene rings is 2. The maximum absolute atomic E-state index is 11.3. The van der Waals surface area contributed by atoms with Gasteiger partial charge in [-0.25, -0.2) is 5.01 Å². The molecule has 164 valence electrons. The van der Waals surface area contributed by atoms with E-state index in [0.29, 0.717) is 29.2 Å². The number of anilines is 1. The number of hydrogen-bond donors (Lipinski definition) is 0. The van der Waals surface area contributed by atoms with Crippen LogP contribution in [-0.2, 0) is 12.8 Å². The molecule has 2 aromatic carbocycles. The Balaban J connectivity index is 1.69. The van der Waals surface area contributed by atoms with Crippen molar-refractivity contribution < 1.29 is 14.4 Å². The number of hydrazone groups is 1. The molecule has 0 N–H and O–H groups in total. The van der Waals surface area contributed by atoms with Crippen LogP contribution in [0.25, 0.3) is 0 Å². The van der Waals surface area contributed by atoms with Gasteiger partial charge in [-0.2, -0.15) is 5.10 Å². The van der Waals surface area contributed by atoms with Gasteiger partial charge in [0.25, 0.3) is 5.69 Å². The van der Waals surface area contributed by atoms with E-state index < -0.39 is 0 Å². The van der Waals surface area contributed by atoms with E-state index in [1.807, 2.05) is 24.1 Å². The Morgan fingerprint density at radius 1 is 1.22 bits per heavy atom. The minimum Gasteiger partial charge on any atom is -0.454 e. The highest BCUT2D eigenvalue weighted by Crippen LogP contribution is 2.39. The number of hydrogen-bond acceptors (Lipinski definition) is 9. The smallest absolute Gasteiger partial charge is 0.272 e. The van der Waals surface area contributed by atoms with Crippen LogP contribution in [0.15, 0.2) is 35.4 Å². The number of ether oxygens (including phenoxy) is 2. The summed E-state index contributed by atoms with van der Waals surface area (Å²) >= 11 is 1.52. The molecule has 9 nitrogen and oxygen atoms in total. The van der Waals surface area contributed by atoms with Gasteiger partial charge < -0.3 is 9.47 Å². The zero-order valence-corrected chi connectivity index (χ0v) is 18.7. The fourth-order valence-electron chi connectivity index (χ4n) is 3.97. The topological polar surface area (TPSA) is 103 Å². The van der Waals surface area contributed by atoms with E-state index >= 15 is 0 Å². The second-order valence-corrected chi connectivity index (χ2v) is 8.84. The van der Waals surface area contributed by atoms with Crippen molar-refractivity contribution in [1.82, 2.24) is 10.2 Å². The summed E-state index contributed by atoms with van der Waals surface area (Å²) in [6.45, 7) is 6.06. The molecule has 0 radical (unpaired) electrons. The van der Waals surface area contributed by atoms with Gasteiger partial charge in [-0.3, -0.25) is 10.1 Å². The maximum atomic E-state index is 11.3. The highest BCUT2D eigenvalue weighted by molar-refractivity contribution is 7.15. The molecular formula is C22H21N5O4S. The average molecular weight is 452 g/mol. The van der Waals surface area contributed by atoms with Crippen molar-refractivity contribution in [3.05, 3.63) is 67.7 Å². The largest absolute Gasteiger partial charge is 0.454 e. The lowest BCUT2D eigenvalue weighted by molar-refractivity contribution is -0.385. The van der Waals surface area contributed by atoms with Gasteiger partial charge in [-0.1, -0.05) is 18.3 Å². The molecule has 0 saturated carbocycles. The maximum Gasteiger partial charge on any atom is 0.272 e. The molecule has 0 fully saturated rings. The van der Waals surface area contributed by atoms with Crippen LogP contribution in [-0.4, -0.2) is 33.7 Å². The molecule has 3 aromatic rings. The predicted octanol–water partition coefficient (Wildman–Crippen LogP) is 4.25. The van der Waals surface area contributed by atoms with Crippen LogP contribution < -0.4 is 14.5 Å². The lowest BCUT2D eigenvalue weighted by Crippen LogP contribution is -2.29. The van der Waals surface area contributed by atoms with Crippen molar-refractivity contribution in [3.8, 4) is 11.5 Å². The summed E-state index contributed by atoms with van der Waals surface area (Å²) in [6, 6.07) is 9.03. The summed E-state index contributed by atoms with van der Waals surface area (Å²) in [5.74, 6) is 1.38. The molecular weight excluding hydrogens is 430 g/mol. The van der Waals surface area contributed by atoms with Crippen molar-refractivity contribution in [2.45, 2.75) is 39.7 Å². The number of nitro groups is 1. The summed E-state index contributed by atoms with van der Waals surface area (Å²) < 4.78 is 11.2. The first kappa shape index (κ1) is 20.4. The van der Waals surface area contributed by atoms with Crippen molar-refractivity contribution >= 4 is 27.9 Å². The first-order valence-electron chi connectivity index (χ1n) is 10.3. The molecule has 2 aliphatic heterocycles. The molecule has 5 rings (SSSR count). The zero-order valence-electron chi connectivity index (χ0n) is 17.9. The fraction of sp³-hybridized carbons (Fsp3) is 0.318. The molecule has 0 saturated heterocycles. The molecule has 10 heteroatoms. The Morgan fingerprint density at radius 2 is 2.00 bits per heavy atom. The minimum atomic E-state index is -0.373. The summed E-state index contributed by atoms with van der Waals surface area (Å²) in [4.78, 5) is 11.0. The van der Waals surface area contributed by atoms with Crippen LogP contribution in [0.1, 0.15) is 41.1 Å². The Bertz CT molecular complexity index is 1260. The van der Waals surface area contributed by atoms with Gasteiger partial charge in [0.1, 0.15) is 5.01 Å². The van der Waals surface area contributed by atoms with Crippen LogP contribution in [0.3, 0.4) is 0 Å². The van der Waals surface area contributed by atoms with E-state index in [4.69, 9.17) is 14.6 Å². The number of nitrogens with zero attached hydrogens (tertiary/aromatic N) is 5. The van der Waals surface area contributed by atoms with E-state index in [2.05, 4.69) is 17.1 Å². The molecule has 0 spiro atoms. The van der Waals surface area contributed by atoms with Gasteiger partial charge in [-0.05, 0) is 56.5 Å². The van der Waals surface area contributed by atoms with E-state index in [-0.39, 0.29) is 23.4 Å². The number of aryl methyl sites for hydroxylation is 2. The van der Waals surface area contributed by atoms with Crippen molar-refractivity contribution in [2.24, 2.45) is 5.10 Å². The first-order chi connectivity index (χ1) is 15.4. The summed E-state index contributed by atoms with van der Waals surface area (Å²) in [7, 11) is 0. The van der Waals surface area contributed by atoms with E-state index in [0.717, 1.165) is 33.3 Å². The monoisotopic (exact) mass is 451 g/mol. The molecule has 3 heterocycles. The number of fused-ring (bicyclic) bond motifs is 2. The third kappa shape index (κ3) is 3.46. The summed E-state index contributed by atoms with van der Waals surface area (Å²) in [6.07, 6.45) is 1.52. The van der Waals surface area contributed by atoms with Crippen LogP contribution in [0, 0.1) is 17.0 Å². The van der Waals surface area contributed by atoms with Crippen LogP contribution in [0.4, 0.5) is 10.8 Å². The third-order valence-electron chi connectivity index (χ3n) is 5.62. The molecule has 0 amide bonds. The quantitative estimate of drug-likeness (QED) is 0.431. The summed E-state index contributed by atoms with van der Waals surface area (Å²) in [5, 5.41) is 28.5. The SMILES string of the molecule is CCc1nnc(N2N=C(c3ccc([N+](=O)[O-])c(C)c3)c3cc4c(cc3C[C@H]2C)OCO4)s1. The first-order valence-corrected chi connectivity index (χ1v) is 11.1. The Hall–Kier alpha value is -3.53. The molecule has 2 aliphatic rings. The lowest BCUT2D eigenvalue weighted by Gasteiger charge is -2.21. The van der Waals surface area contributed by atoms with Gasteiger partial charge >= 0.3 is 0 Å². The predicted molar refractivity (Wildman–Crippen MR) is 121 cm³/mol. The highest BCUT2D eigenvalue weighted by atomic mass is 32.1. The second kappa shape index (κ2) is 7.86. The summed E-state index contributed by atoms with van der Waals surface area (Å²) in [5.41, 5.74) is 4.12. The Labute approximate surface area is 188 Å². The molecule has 0 unspecified atom stereocenters. The molecule has 0 aliphatic carbocycles. The second-order valence-electron chi connectivity index (χ2n) is 7.80. The number of rotatable bonds is 4. The number of nitro benzene ring substituents is 1. The molecule has 1 aromatic heterocycles. The highest BCUT2D eigenvalue weighted by Gasteiger charge is 2.29. The Morgan fingerprint density at radius 3 is 2.69 bits per heavy atom. The van der Waals surface area contributed by atoms with E-state index in [1.54, 1.807) is 19.1 Å². The van der Waals surface area contributed by atoms with Crippen LogP contribution >= 0.6 is 11.3 Å². The average Bonchev–Trinajstić information content (AvgIpc) is 3.40. The third-order valence-corrected chi connectivity index (χ3v) is 6.67. The van der Waals surface area contributed by atoms with E-state index in [9.17, 15) is 10.1 Å². The van der Waals surface area contributed by atoms with E-state index in [1.165, 1.54) is 17.4 Å². The van der Waals surface area contributed by atoms with Crippen LogP contribution in [0.5, 0.6) is 11.5 Å². The normalized spacial score (nSPS) is 17.0. The van der Waals surface area contributed by atoms with Gasteiger partial charge in [0, 0.05) is 22.8 Å². The zero-order chi connectivity index (χ0) is 22.4. The van der Waals surface area contributed by atoms with Gasteiger partial charge in [0.05, 0.1) is 16.7 Å². The van der Waals surface area contributed by atoms with Crippen molar-refractivity contribution in [1.29, 1.82) is 0 Å². The number of aromatic nitrogens is 2. The minimum absolute atomic E-state index is 0.0171. The van der Waals surface area contributed by atoms with Gasteiger partial charge in [-0.15, -0.1) is 10.2 Å². The van der Waals surface area contributed by atoms with Crippen molar-refractivity contribution in [3.63, 3.8) is 0 Å². The standard InChI is InChI=1S/C22H21N5O4S/c1-4-20-23-24-22(32-20)26-13(3)8-15-9-18-19(31-11-30-18)10-16(15)21(25-26)14-5-6-17(27(28)29)12(2)7-14/h5-7,9-10,13H,4,8,11H2,1-3H3/t13-/m1/s1. The van der Waals surface area contributed by atoms with Gasteiger partial charge in [0.2, 0.25) is 11.9 Å². The van der Waals surface area contributed by atoms with Gasteiger partial charge in [0.15, 0.2) is 11.5 Å².